The van der Waals surface area contributed by atoms with E-state index < -0.39 is 23.6 Å². The third-order valence-electron chi connectivity index (χ3n) is 7.61. The summed E-state index contributed by atoms with van der Waals surface area (Å²) in [7, 11) is 0. The lowest BCUT2D eigenvalue weighted by atomic mass is 9.91. The number of alkyl carbamates (subject to hydrolysis) is 1. The molecule has 0 spiro atoms. The van der Waals surface area contributed by atoms with Crippen LogP contribution in [0.5, 0.6) is 0 Å². The molecule has 9 heteroatoms. The van der Waals surface area contributed by atoms with E-state index in [4.69, 9.17) is 4.74 Å². The van der Waals surface area contributed by atoms with Gasteiger partial charge in [-0.3, -0.25) is 4.79 Å². The molecule has 0 bridgehead atoms. The number of aromatic nitrogens is 1. The van der Waals surface area contributed by atoms with E-state index in [1.54, 1.807) is 22.8 Å². The number of aromatic carboxylic acids is 1. The molecule has 2 amide bonds. The number of nitriles is 1. The number of nitrogens with zero attached hydrogens (tertiary/aromatic N) is 2. The molecule has 216 valence electrons. The largest absolute Gasteiger partial charge is 0.478 e. The van der Waals surface area contributed by atoms with Crippen LogP contribution in [0.3, 0.4) is 0 Å². The maximum atomic E-state index is 13.9. The number of hydrogen-bond acceptors (Lipinski definition) is 5. The third kappa shape index (κ3) is 6.08. The molecule has 1 aliphatic rings. The van der Waals surface area contributed by atoms with Crippen molar-refractivity contribution in [3.8, 4) is 6.07 Å². The van der Waals surface area contributed by atoms with Gasteiger partial charge in [0, 0.05) is 24.0 Å². The standard InChI is InChI=1S/C33H34N4O5/c1-33(2,3)42-32(41)36-24-14-12-23(13-15-24)35-30(38)29-28(31(39)40)26-16-11-20(18-34)17-27(26)37(29)19-22-9-6-8-21-7-4-5-10-25(21)22/h4-11,16-17,23-24H,12-15,19H2,1-3H3,(H,35,38)(H,36,41)(H,39,40). The minimum absolute atomic E-state index is 0.0505. The van der Waals surface area contributed by atoms with Gasteiger partial charge in [0.1, 0.15) is 11.3 Å². The number of hydrogen-bond donors (Lipinski definition) is 3. The second kappa shape index (κ2) is 11.6. The summed E-state index contributed by atoms with van der Waals surface area (Å²) in [5.74, 6) is -1.69. The summed E-state index contributed by atoms with van der Waals surface area (Å²) >= 11 is 0. The van der Waals surface area contributed by atoms with Crippen LogP contribution in [0.2, 0.25) is 0 Å². The SMILES string of the molecule is CC(C)(C)OC(=O)NC1CCC(NC(=O)c2c(C(=O)O)c3ccc(C#N)cc3n2Cc2cccc3ccccc23)CC1. The van der Waals surface area contributed by atoms with E-state index in [1.807, 2.05) is 63.2 Å². The average Bonchev–Trinajstić information content (AvgIpc) is 3.27. The van der Waals surface area contributed by atoms with E-state index >= 15 is 0 Å². The molecule has 0 radical (unpaired) electrons. The predicted molar refractivity (Wildman–Crippen MR) is 160 cm³/mol. The molecule has 9 nitrogen and oxygen atoms in total. The highest BCUT2D eigenvalue weighted by atomic mass is 16.6. The Morgan fingerprint density at radius 3 is 2.29 bits per heavy atom. The van der Waals surface area contributed by atoms with Crippen LogP contribution in [0.25, 0.3) is 21.7 Å². The van der Waals surface area contributed by atoms with Crippen LogP contribution in [0.15, 0.2) is 60.7 Å². The summed E-state index contributed by atoms with van der Waals surface area (Å²) in [5, 5.41) is 28.3. The van der Waals surface area contributed by atoms with Gasteiger partial charge in [-0.15, -0.1) is 0 Å². The molecule has 42 heavy (non-hydrogen) atoms. The summed E-state index contributed by atoms with van der Waals surface area (Å²) in [4.78, 5) is 38.7. The maximum absolute atomic E-state index is 13.9. The zero-order chi connectivity index (χ0) is 30.0. The number of nitrogens with one attached hydrogen (secondary N) is 2. The Morgan fingerprint density at radius 2 is 1.62 bits per heavy atom. The number of carbonyl (C=O) groups is 3. The second-order valence-corrected chi connectivity index (χ2v) is 11.8. The number of carboxylic acid groups (broad SMARTS) is 1. The van der Waals surface area contributed by atoms with Crippen molar-refractivity contribution in [1.29, 1.82) is 5.26 Å². The molecule has 1 fully saturated rings. The molecule has 0 unspecified atom stereocenters. The molecule has 3 aromatic carbocycles. The topological polar surface area (TPSA) is 133 Å². The van der Waals surface area contributed by atoms with Gasteiger partial charge < -0.3 is 25.0 Å². The van der Waals surface area contributed by atoms with Gasteiger partial charge in [-0.1, -0.05) is 48.5 Å². The van der Waals surface area contributed by atoms with Crippen molar-refractivity contribution in [2.24, 2.45) is 0 Å². The Balaban J connectivity index is 1.45. The van der Waals surface area contributed by atoms with Crippen molar-refractivity contribution in [2.45, 2.75) is 70.7 Å². The van der Waals surface area contributed by atoms with Crippen LogP contribution in [-0.4, -0.2) is 45.3 Å². The van der Waals surface area contributed by atoms with Crippen LogP contribution in [0, 0.1) is 11.3 Å². The van der Waals surface area contributed by atoms with E-state index in [9.17, 15) is 24.8 Å². The predicted octanol–water partition coefficient (Wildman–Crippen LogP) is 5.98. The Bertz CT molecular complexity index is 1710. The van der Waals surface area contributed by atoms with Gasteiger partial charge >= 0.3 is 12.1 Å². The number of rotatable bonds is 6. The Hall–Kier alpha value is -4.84. The van der Waals surface area contributed by atoms with E-state index in [0.717, 1.165) is 16.3 Å². The lowest BCUT2D eigenvalue weighted by molar-refractivity contribution is 0.0487. The molecular formula is C33H34N4O5. The van der Waals surface area contributed by atoms with Crippen molar-refractivity contribution < 1.29 is 24.2 Å². The first kappa shape index (κ1) is 28.7. The fourth-order valence-electron chi connectivity index (χ4n) is 5.75. The summed E-state index contributed by atoms with van der Waals surface area (Å²) < 4.78 is 7.08. The van der Waals surface area contributed by atoms with Crippen LogP contribution >= 0.6 is 0 Å². The smallest absolute Gasteiger partial charge is 0.407 e. The van der Waals surface area contributed by atoms with Crippen LogP contribution in [-0.2, 0) is 11.3 Å². The minimum atomic E-state index is -1.21. The van der Waals surface area contributed by atoms with Gasteiger partial charge in [-0.05, 0) is 74.9 Å². The molecule has 1 heterocycles. The molecule has 1 saturated carbocycles. The normalized spacial score (nSPS) is 17.0. The number of fused-ring (bicyclic) bond motifs is 2. The molecule has 5 rings (SSSR count). The maximum Gasteiger partial charge on any atom is 0.407 e. The van der Waals surface area contributed by atoms with Crippen molar-refractivity contribution >= 4 is 39.6 Å². The molecule has 0 atom stereocenters. The lowest BCUT2D eigenvalue weighted by Crippen LogP contribution is -2.45. The Morgan fingerprint density at radius 1 is 0.952 bits per heavy atom. The highest BCUT2D eigenvalue weighted by molar-refractivity contribution is 6.14. The van der Waals surface area contributed by atoms with Gasteiger partial charge in [0.25, 0.3) is 5.91 Å². The highest BCUT2D eigenvalue weighted by Gasteiger charge is 2.31. The van der Waals surface area contributed by atoms with Crippen molar-refractivity contribution in [3.05, 3.63) is 83.0 Å². The number of carbonyl (C=O) groups excluding carboxylic acids is 2. The van der Waals surface area contributed by atoms with Crippen molar-refractivity contribution in [1.82, 2.24) is 15.2 Å². The zero-order valence-corrected chi connectivity index (χ0v) is 23.9. The van der Waals surface area contributed by atoms with Crippen LogP contribution in [0.1, 0.15) is 78.4 Å². The van der Waals surface area contributed by atoms with E-state index in [2.05, 4.69) is 16.7 Å². The molecule has 1 aliphatic carbocycles. The quantitative estimate of drug-likeness (QED) is 0.263. The molecule has 4 aromatic rings. The number of carboxylic acids is 1. The number of benzene rings is 3. The van der Waals surface area contributed by atoms with Crippen LogP contribution < -0.4 is 10.6 Å². The Kier molecular flexibility index (Phi) is 7.90. The molecule has 1 aromatic heterocycles. The first-order chi connectivity index (χ1) is 20.0. The van der Waals surface area contributed by atoms with Crippen molar-refractivity contribution in [2.75, 3.05) is 0 Å². The number of ether oxygens (including phenoxy) is 1. The minimum Gasteiger partial charge on any atom is -0.478 e. The summed E-state index contributed by atoms with van der Waals surface area (Å²) in [6.45, 7) is 5.68. The third-order valence-corrected chi connectivity index (χ3v) is 7.61. The van der Waals surface area contributed by atoms with Gasteiger partial charge in [0.2, 0.25) is 0 Å². The zero-order valence-electron chi connectivity index (χ0n) is 23.9. The van der Waals surface area contributed by atoms with E-state index in [0.29, 0.717) is 42.1 Å². The summed E-state index contributed by atoms with van der Waals surface area (Å²) in [5.41, 5.74) is 1.18. The second-order valence-electron chi connectivity index (χ2n) is 11.8. The molecule has 3 N–H and O–H groups in total. The monoisotopic (exact) mass is 566 g/mol. The van der Waals surface area contributed by atoms with Crippen LogP contribution in [0.4, 0.5) is 4.79 Å². The molecule has 0 aliphatic heterocycles. The van der Waals surface area contributed by atoms with Gasteiger partial charge in [-0.2, -0.15) is 5.26 Å². The van der Waals surface area contributed by atoms with E-state index in [-0.39, 0.29) is 29.9 Å². The lowest BCUT2D eigenvalue weighted by Gasteiger charge is -2.30. The van der Waals surface area contributed by atoms with Gasteiger partial charge in [0.15, 0.2) is 0 Å². The first-order valence-corrected chi connectivity index (χ1v) is 14.1. The summed E-state index contributed by atoms with van der Waals surface area (Å²) in [6.07, 6.45) is 2.09. The Labute approximate surface area is 244 Å². The summed E-state index contributed by atoms with van der Waals surface area (Å²) in [6, 6.07) is 20.5. The highest BCUT2D eigenvalue weighted by Crippen LogP contribution is 2.31. The average molecular weight is 567 g/mol. The number of amides is 2. The molecular weight excluding hydrogens is 532 g/mol. The first-order valence-electron chi connectivity index (χ1n) is 14.1. The van der Waals surface area contributed by atoms with Gasteiger partial charge in [-0.25, -0.2) is 9.59 Å². The van der Waals surface area contributed by atoms with Crippen molar-refractivity contribution in [3.63, 3.8) is 0 Å². The van der Waals surface area contributed by atoms with E-state index in [1.165, 1.54) is 0 Å². The molecule has 0 saturated heterocycles. The fourth-order valence-corrected chi connectivity index (χ4v) is 5.75. The van der Waals surface area contributed by atoms with Gasteiger partial charge in [0.05, 0.1) is 22.7 Å². The fraction of sp³-hybridized carbons (Fsp3) is 0.333.